The van der Waals surface area contributed by atoms with Crippen molar-refractivity contribution in [1.29, 1.82) is 0 Å². The maximum Gasteiger partial charge on any atom is 0.271 e. The number of aryl methyl sites for hydroxylation is 1. The van der Waals surface area contributed by atoms with Crippen molar-refractivity contribution in [3.63, 3.8) is 0 Å². The Kier molecular flexibility index (Phi) is 10.2. The Morgan fingerprint density at radius 1 is 1.02 bits per heavy atom. The van der Waals surface area contributed by atoms with Crippen molar-refractivity contribution in [2.24, 2.45) is 10.9 Å². The predicted octanol–water partition coefficient (Wildman–Crippen LogP) is 6.24. The summed E-state index contributed by atoms with van der Waals surface area (Å²) in [6, 6.07) is 17.1. The number of primary amides is 1. The third-order valence-corrected chi connectivity index (χ3v) is 6.85. The van der Waals surface area contributed by atoms with Crippen molar-refractivity contribution >= 4 is 11.6 Å². The Hall–Kier alpha value is -3.78. The van der Waals surface area contributed by atoms with E-state index in [-0.39, 0.29) is 30.1 Å². The first kappa shape index (κ1) is 29.2. The Labute approximate surface area is 234 Å². The van der Waals surface area contributed by atoms with E-state index in [0.29, 0.717) is 11.3 Å². The van der Waals surface area contributed by atoms with E-state index in [2.05, 4.69) is 10.1 Å². The van der Waals surface area contributed by atoms with Crippen LogP contribution in [0.25, 0.3) is 11.1 Å². The number of carbonyl (C=O) groups is 1. The van der Waals surface area contributed by atoms with Crippen LogP contribution in [-0.2, 0) is 22.7 Å². The molecule has 2 aliphatic heterocycles. The van der Waals surface area contributed by atoms with Crippen LogP contribution in [0.4, 0.5) is 8.78 Å². The molecule has 6 rings (SSSR count). The van der Waals surface area contributed by atoms with Crippen LogP contribution in [0.2, 0.25) is 0 Å². The molecule has 0 radical (unpaired) electrons. The van der Waals surface area contributed by atoms with Crippen LogP contribution in [0.15, 0.2) is 65.8 Å². The molecule has 2 heterocycles. The topological polar surface area (TPSA) is 77.2 Å². The number of likely N-dealkylation sites (tertiary alicyclic amines) is 1. The molecule has 0 aromatic heterocycles. The summed E-state index contributed by atoms with van der Waals surface area (Å²) in [6.45, 7) is 7.90. The molecule has 0 unspecified atom stereocenters. The lowest BCUT2D eigenvalue weighted by Crippen LogP contribution is -2.37. The van der Waals surface area contributed by atoms with E-state index < -0.39 is 5.91 Å². The molecule has 1 saturated heterocycles. The molecular weight excluding hydrogens is 512 g/mol. The molecule has 1 saturated carbocycles. The predicted molar refractivity (Wildman–Crippen MR) is 153 cm³/mol. The molecule has 40 heavy (non-hydrogen) atoms. The lowest BCUT2D eigenvalue weighted by atomic mass is 9.96. The van der Waals surface area contributed by atoms with Gasteiger partial charge in [-0.15, -0.1) is 0 Å². The number of oxime groups is 1. The molecule has 1 aliphatic carbocycles. The quantitative estimate of drug-likeness (QED) is 0.361. The lowest BCUT2D eigenvalue weighted by Gasteiger charge is -2.30. The highest BCUT2D eigenvalue weighted by molar-refractivity contribution is 6.45. The number of benzene rings is 3. The number of nitrogens with zero attached hydrogens (tertiary/aromatic N) is 2. The van der Waals surface area contributed by atoms with Crippen molar-refractivity contribution in [2.45, 2.75) is 58.7 Å². The lowest BCUT2D eigenvalue weighted by molar-refractivity contribution is -0.112. The maximum absolute atomic E-state index is 13.8. The number of hydrogen-bond donors (Lipinski definition) is 1. The van der Waals surface area contributed by atoms with E-state index >= 15 is 0 Å². The Morgan fingerprint density at radius 3 is 2.38 bits per heavy atom. The fourth-order valence-corrected chi connectivity index (χ4v) is 4.43. The number of nitrogens with two attached hydrogens (primary N) is 1. The number of fused-ring (bicyclic) bond motifs is 1. The highest BCUT2D eigenvalue weighted by atomic mass is 19.1. The van der Waals surface area contributed by atoms with Crippen LogP contribution < -0.4 is 10.5 Å². The number of hydrogen-bond acceptors (Lipinski definition) is 5. The first-order valence-corrected chi connectivity index (χ1v) is 14.0. The average molecular weight is 550 g/mol. The van der Waals surface area contributed by atoms with E-state index in [4.69, 9.17) is 15.3 Å². The average Bonchev–Trinajstić information content (AvgIpc) is 3.77. The Morgan fingerprint density at radius 2 is 1.75 bits per heavy atom. The van der Waals surface area contributed by atoms with Crippen molar-refractivity contribution in [2.75, 3.05) is 19.6 Å². The van der Waals surface area contributed by atoms with Gasteiger partial charge in [-0.3, -0.25) is 4.79 Å². The van der Waals surface area contributed by atoms with Gasteiger partial charge in [-0.25, -0.2) is 8.78 Å². The zero-order valence-electron chi connectivity index (χ0n) is 23.2. The molecule has 3 aromatic rings. The number of halogens is 2. The normalized spacial score (nSPS) is 15.6. The van der Waals surface area contributed by atoms with Crippen molar-refractivity contribution in [3.05, 3.63) is 89.0 Å². The van der Waals surface area contributed by atoms with Gasteiger partial charge in [0.2, 0.25) is 0 Å². The molecule has 1 amide bonds. The molecule has 3 aromatic carbocycles. The van der Waals surface area contributed by atoms with Gasteiger partial charge in [-0.05, 0) is 98.8 Å². The standard InChI is InChI=1S/C15H11FN2O2.C15H20FNO.C2H6/c16-12-4-1-9(2-5-12)10-3-6-13-11(7-10)8-20-18-14(13)15(17)19;16-14-11-12(3-1-8-17-9-2-10-17)4-7-15(14)18-13-5-6-13;1-2/h1-7H,8H2,(H2,17,19);4,7,11,13H,1-3,5-6,8-10H2;1-2H3. The fourth-order valence-electron chi connectivity index (χ4n) is 4.43. The van der Waals surface area contributed by atoms with Gasteiger partial charge < -0.3 is 20.2 Å². The molecule has 6 nitrogen and oxygen atoms in total. The summed E-state index contributed by atoms with van der Waals surface area (Å²) < 4.78 is 32.2. The van der Waals surface area contributed by atoms with Gasteiger partial charge >= 0.3 is 0 Å². The second kappa shape index (κ2) is 14.0. The van der Waals surface area contributed by atoms with E-state index in [9.17, 15) is 13.6 Å². The smallest absolute Gasteiger partial charge is 0.271 e. The number of carbonyl (C=O) groups excluding carboxylic acids is 1. The molecule has 2 fully saturated rings. The summed E-state index contributed by atoms with van der Waals surface area (Å²) >= 11 is 0. The van der Waals surface area contributed by atoms with Gasteiger partial charge in [0.25, 0.3) is 5.91 Å². The zero-order chi connectivity index (χ0) is 28.5. The first-order chi connectivity index (χ1) is 19.5. The van der Waals surface area contributed by atoms with Gasteiger partial charge in [-0.2, -0.15) is 0 Å². The molecule has 2 N–H and O–H groups in total. The minimum Gasteiger partial charge on any atom is -0.487 e. The van der Waals surface area contributed by atoms with Crippen LogP contribution in [-0.4, -0.2) is 42.3 Å². The van der Waals surface area contributed by atoms with E-state index in [0.717, 1.165) is 54.5 Å². The minimum absolute atomic E-state index is 0.122. The summed E-state index contributed by atoms with van der Waals surface area (Å²) in [7, 11) is 0. The van der Waals surface area contributed by atoms with Gasteiger partial charge in [0.15, 0.2) is 17.3 Å². The second-order valence-corrected chi connectivity index (χ2v) is 9.84. The zero-order valence-corrected chi connectivity index (χ0v) is 23.2. The minimum atomic E-state index is -0.625. The third-order valence-electron chi connectivity index (χ3n) is 6.85. The summed E-state index contributed by atoms with van der Waals surface area (Å²) in [5.41, 5.74) is 9.76. The summed E-state index contributed by atoms with van der Waals surface area (Å²) in [6.07, 6.45) is 5.80. The largest absolute Gasteiger partial charge is 0.487 e. The monoisotopic (exact) mass is 549 g/mol. The van der Waals surface area contributed by atoms with Gasteiger partial charge in [0, 0.05) is 11.1 Å². The Bertz CT molecular complexity index is 1320. The molecule has 0 spiro atoms. The molecule has 3 aliphatic rings. The highest BCUT2D eigenvalue weighted by Crippen LogP contribution is 2.29. The number of ether oxygens (including phenoxy) is 1. The van der Waals surface area contributed by atoms with Crippen LogP contribution >= 0.6 is 0 Å². The molecule has 0 atom stereocenters. The highest BCUT2D eigenvalue weighted by Gasteiger charge is 2.25. The number of amides is 1. The summed E-state index contributed by atoms with van der Waals surface area (Å²) in [4.78, 5) is 18.7. The van der Waals surface area contributed by atoms with E-state index in [1.165, 1.54) is 31.6 Å². The SMILES string of the molecule is CC.Fc1cc(CCCN2CCC2)ccc1OC1CC1.NC(=O)C1=NOCc2cc(-c3ccc(F)cc3)ccc21. The van der Waals surface area contributed by atoms with Gasteiger partial charge in [-0.1, -0.05) is 49.3 Å². The van der Waals surface area contributed by atoms with Gasteiger partial charge in [0.05, 0.1) is 6.10 Å². The molecule has 0 bridgehead atoms. The van der Waals surface area contributed by atoms with E-state index in [1.807, 2.05) is 32.0 Å². The van der Waals surface area contributed by atoms with Crippen LogP contribution in [0, 0.1) is 11.6 Å². The van der Waals surface area contributed by atoms with Crippen LogP contribution in [0.1, 0.15) is 56.2 Å². The van der Waals surface area contributed by atoms with Crippen LogP contribution in [0.3, 0.4) is 0 Å². The maximum atomic E-state index is 13.8. The summed E-state index contributed by atoms with van der Waals surface area (Å²) in [5, 5.41) is 3.68. The van der Waals surface area contributed by atoms with Crippen LogP contribution in [0.5, 0.6) is 5.75 Å². The molecule has 8 heteroatoms. The second-order valence-electron chi connectivity index (χ2n) is 9.84. The van der Waals surface area contributed by atoms with Crippen molar-refractivity contribution < 1.29 is 23.1 Å². The fraction of sp³-hybridized carbons (Fsp3) is 0.375. The Balaban J connectivity index is 0.000000175. The number of rotatable bonds is 8. The first-order valence-electron chi connectivity index (χ1n) is 14.0. The third kappa shape index (κ3) is 7.88. The van der Waals surface area contributed by atoms with Crippen molar-refractivity contribution in [1.82, 2.24) is 4.90 Å². The van der Waals surface area contributed by atoms with Crippen molar-refractivity contribution in [3.8, 4) is 16.9 Å². The van der Waals surface area contributed by atoms with Gasteiger partial charge in [0.1, 0.15) is 12.4 Å². The van der Waals surface area contributed by atoms with E-state index in [1.54, 1.807) is 30.3 Å². The molecule has 212 valence electrons. The summed E-state index contributed by atoms with van der Waals surface area (Å²) in [5.74, 6) is -0.689. The molecular formula is C32H37F2N3O3.